The number of alkyl halides is 3. The van der Waals surface area contributed by atoms with Crippen molar-refractivity contribution in [2.24, 2.45) is 5.73 Å². The summed E-state index contributed by atoms with van der Waals surface area (Å²) in [6.45, 7) is 2.35. The summed E-state index contributed by atoms with van der Waals surface area (Å²) in [7, 11) is 0. The van der Waals surface area contributed by atoms with Crippen LogP contribution in [0.5, 0.6) is 0 Å². The van der Waals surface area contributed by atoms with E-state index in [1.807, 2.05) is 6.92 Å². The van der Waals surface area contributed by atoms with Gasteiger partial charge in [0.05, 0.1) is 16.8 Å². The zero-order valence-electron chi connectivity index (χ0n) is 10.6. The molecule has 0 aliphatic carbocycles. The summed E-state index contributed by atoms with van der Waals surface area (Å²) < 4.78 is 37.6. The fourth-order valence-electron chi connectivity index (χ4n) is 1.76. The molecule has 1 aromatic rings. The van der Waals surface area contributed by atoms with Crippen LogP contribution in [0.25, 0.3) is 0 Å². The highest BCUT2D eigenvalue weighted by molar-refractivity contribution is 5.59. The Hall–Kier alpha value is -1.74. The Morgan fingerprint density at radius 2 is 2.11 bits per heavy atom. The first-order valence-electron chi connectivity index (χ1n) is 6.00. The van der Waals surface area contributed by atoms with Gasteiger partial charge in [-0.3, -0.25) is 0 Å². The summed E-state index contributed by atoms with van der Waals surface area (Å²) in [5.41, 5.74) is 5.11. The fraction of sp³-hybridized carbons (Fsp3) is 0.462. The van der Waals surface area contributed by atoms with Crippen LogP contribution in [0.15, 0.2) is 18.2 Å². The highest BCUT2D eigenvalue weighted by Gasteiger charge is 2.31. The van der Waals surface area contributed by atoms with Gasteiger partial charge in [-0.2, -0.15) is 18.4 Å². The molecule has 0 saturated heterocycles. The second-order valence-electron chi connectivity index (χ2n) is 4.24. The molecule has 0 aromatic heterocycles. The van der Waals surface area contributed by atoms with Crippen LogP contribution in [0.2, 0.25) is 0 Å². The van der Waals surface area contributed by atoms with Crippen LogP contribution in [0.4, 0.5) is 18.9 Å². The Balaban J connectivity index is 3.00. The normalized spacial score (nSPS) is 12.8. The Labute approximate surface area is 110 Å². The van der Waals surface area contributed by atoms with Crippen molar-refractivity contribution in [3.63, 3.8) is 0 Å². The van der Waals surface area contributed by atoms with E-state index in [0.29, 0.717) is 12.2 Å². The van der Waals surface area contributed by atoms with Gasteiger partial charge in [0.25, 0.3) is 0 Å². The molecular formula is C13H16F3N3. The van der Waals surface area contributed by atoms with Gasteiger partial charge in [0, 0.05) is 12.6 Å². The molecule has 3 N–H and O–H groups in total. The van der Waals surface area contributed by atoms with Crippen molar-refractivity contribution in [3.05, 3.63) is 29.3 Å². The Bertz CT molecular complexity index is 463. The second-order valence-corrected chi connectivity index (χ2v) is 4.24. The summed E-state index contributed by atoms with van der Waals surface area (Å²) in [6, 6.07) is 4.82. The summed E-state index contributed by atoms with van der Waals surface area (Å²) in [6.07, 6.45) is -2.75. The van der Waals surface area contributed by atoms with Crippen LogP contribution in [0.1, 0.15) is 30.9 Å². The average molecular weight is 271 g/mol. The lowest BCUT2D eigenvalue weighted by Crippen LogP contribution is -2.29. The maximum atomic E-state index is 12.5. The number of nitrogens with two attached hydrogens (primary N) is 1. The number of hydrogen-bond donors (Lipinski definition) is 2. The van der Waals surface area contributed by atoms with Crippen LogP contribution in [0.3, 0.4) is 0 Å². The standard InChI is InChI=1S/C13H16F3N3/c1-2-3-11(8-18)19-12-5-4-10(13(14,15)16)6-9(12)7-17/h4-6,11,19H,2-3,8,18H2,1H3. The van der Waals surface area contributed by atoms with Gasteiger partial charge in [-0.05, 0) is 24.6 Å². The predicted molar refractivity (Wildman–Crippen MR) is 67.5 cm³/mol. The van der Waals surface area contributed by atoms with E-state index in [2.05, 4.69) is 5.32 Å². The maximum Gasteiger partial charge on any atom is 0.416 e. The molecule has 0 heterocycles. The summed E-state index contributed by atoms with van der Waals surface area (Å²) in [5, 5.41) is 11.9. The van der Waals surface area contributed by atoms with Gasteiger partial charge >= 0.3 is 6.18 Å². The molecule has 1 rings (SSSR count). The number of halogens is 3. The molecular weight excluding hydrogens is 255 g/mol. The fourth-order valence-corrected chi connectivity index (χ4v) is 1.76. The van der Waals surface area contributed by atoms with Crippen molar-refractivity contribution < 1.29 is 13.2 Å². The zero-order valence-corrected chi connectivity index (χ0v) is 10.6. The number of nitrogens with zero attached hydrogens (tertiary/aromatic N) is 1. The lowest BCUT2D eigenvalue weighted by atomic mass is 10.1. The van der Waals surface area contributed by atoms with Gasteiger partial charge < -0.3 is 11.1 Å². The van der Waals surface area contributed by atoms with Crippen molar-refractivity contribution in [1.29, 1.82) is 5.26 Å². The smallest absolute Gasteiger partial charge is 0.380 e. The highest BCUT2D eigenvalue weighted by Crippen LogP contribution is 2.31. The third-order valence-electron chi connectivity index (χ3n) is 2.75. The molecule has 0 radical (unpaired) electrons. The lowest BCUT2D eigenvalue weighted by Gasteiger charge is -2.19. The van der Waals surface area contributed by atoms with Crippen molar-refractivity contribution in [1.82, 2.24) is 0 Å². The van der Waals surface area contributed by atoms with E-state index in [9.17, 15) is 13.2 Å². The maximum absolute atomic E-state index is 12.5. The molecule has 0 saturated carbocycles. The minimum absolute atomic E-state index is 0.0237. The van der Waals surface area contributed by atoms with Gasteiger partial charge in [-0.1, -0.05) is 13.3 Å². The largest absolute Gasteiger partial charge is 0.416 e. The monoisotopic (exact) mass is 271 g/mol. The van der Waals surface area contributed by atoms with Gasteiger partial charge in [-0.25, -0.2) is 0 Å². The van der Waals surface area contributed by atoms with Crippen LogP contribution >= 0.6 is 0 Å². The van der Waals surface area contributed by atoms with Gasteiger partial charge in [-0.15, -0.1) is 0 Å². The molecule has 1 unspecified atom stereocenters. The van der Waals surface area contributed by atoms with E-state index in [1.165, 1.54) is 6.07 Å². The van der Waals surface area contributed by atoms with Crippen molar-refractivity contribution in [3.8, 4) is 6.07 Å². The molecule has 0 amide bonds. The number of anilines is 1. The Morgan fingerprint density at radius 1 is 1.42 bits per heavy atom. The Kier molecular flexibility index (Phi) is 5.19. The van der Waals surface area contributed by atoms with Crippen LogP contribution in [0, 0.1) is 11.3 Å². The molecule has 0 aliphatic rings. The van der Waals surface area contributed by atoms with Gasteiger partial charge in [0.2, 0.25) is 0 Å². The highest BCUT2D eigenvalue weighted by atomic mass is 19.4. The number of benzene rings is 1. The minimum atomic E-state index is -4.44. The molecule has 1 aromatic carbocycles. The molecule has 0 aliphatic heterocycles. The minimum Gasteiger partial charge on any atom is -0.380 e. The van der Waals surface area contributed by atoms with Gasteiger partial charge in [0.15, 0.2) is 0 Å². The predicted octanol–water partition coefficient (Wildman–Crippen LogP) is 3.12. The third kappa shape index (κ3) is 4.14. The number of nitriles is 1. The topological polar surface area (TPSA) is 61.8 Å². The SMILES string of the molecule is CCCC(CN)Nc1ccc(C(F)(F)F)cc1C#N. The quantitative estimate of drug-likeness (QED) is 0.865. The van der Waals surface area contributed by atoms with Crippen molar-refractivity contribution >= 4 is 5.69 Å². The molecule has 1 atom stereocenters. The van der Waals surface area contributed by atoms with Crippen LogP contribution in [-0.4, -0.2) is 12.6 Å². The lowest BCUT2D eigenvalue weighted by molar-refractivity contribution is -0.137. The first-order valence-corrected chi connectivity index (χ1v) is 6.00. The first-order chi connectivity index (χ1) is 8.92. The van der Waals surface area contributed by atoms with Gasteiger partial charge in [0.1, 0.15) is 6.07 Å². The van der Waals surface area contributed by atoms with E-state index in [0.717, 1.165) is 25.0 Å². The first kappa shape index (κ1) is 15.3. The van der Waals surface area contributed by atoms with Crippen LogP contribution < -0.4 is 11.1 Å². The number of rotatable bonds is 5. The summed E-state index contributed by atoms with van der Waals surface area (Å²) in [4.78, 5) is 0. The molecule has 3 nitrogen and oxygen atoms in total. The summed E-state index contributed by atoms with van der Waals surface area (Å²) >= 11 is 0. The average Bonchev–Trinajstić information content (AvgIpc) is 2.37. The summed E-state index contributed by atoms with van der Waals surface area (Å²) in [5.74, 6) is 0. The molecule has 0 spiro atoms. The molecule has 0 bridgehead atoms. The van der Waals surface area contributed by atoms with Crippen LogP contribution in [-0.2, 0) is 6.18 Å². The van der Waals surface area contributed by atoms with E-state index in [4.69, 9.17) is 11.0 Å². The molecule has 6 heteroatoms. The number of nitrogens with one attached hydrogen (secondary N) is 1. The van der Waals surface area contributed by atoms with E-state index >= 15 is 0 Å². The Morgan fingerprint density at radius 3 is 2.58 bits per heavy atom. The molecule has 19 heavy (non-hydrogen) atoms. The van der Waals surface area contributed by atoms with Crippen molar-refractivity contribution in [2.45, 2.75) is 32.0 Å². The zero-order chi connectivity index (χ0) is 14.5. The van der Waals surface area contributed by atoms with E-state index in [-0.39, 0.29) is 11.6 Å². The van der Waals surface area contributed by atoms with E-state index < -0.39 is 11.7 Å². The number of hydrogen-bond acceptors (Lipinski definition) is 3. The third-order valence-corrected chi connectivity index (χ3v) is 2.75. The molecule has 0 fully saturated rings. The van der Waals surface area contributed by atoms with E-state index in [1.54, 1.807) is 6.07 Å². The van der Waals surface area contributed by atoms with Crippen molar-refractivity contribution in [2.75, 3.05) is 11.9 Å². The molecule has 104 valence electrons. The second kappa shape index (κ2) is 6.43.